The van der Waals surface area contributed by atoms with Crippen LogP contribution in [0, 0.1) is 6.92 Å². The van der Waals surface area contributed by atoms with Gasteiger partial charge in [-0.15, -0.1) is 0 Å². The highest BCUT2D eigenvalue weighted by Gasteiger charge is 2.30. The fourth-order valence-electron chi connectivity index (χ4n) is 4.28. The Morgan fingerprint density at radius 1 is 1.06 bits per heavy atom. The van der Waals surface area contributed by atoms with Gasteiger partial charge in [0.05, 0.1) is 34.8 Å². The lowest BCUT2D eigenvalue weighted by molar-refractivity contribution is 0.00692. The predicted molar refractivity (Wildman–Crippen MR) is 132 cm³/mol. The zero-order valence-electron chi connectivity index (χ0n) is 21.0. The van der Waals surface area contributed by atoms with E-state index in [9.17, 15) is 9.59 Å². The van der Waals surface area contributed by atoms with Gasteiger partial charge in [0.2, 0.25) is 0 Å². The normalized spacial score (nSPS) is 15.3. The molecule has 0 fully saturated rings. The molecule has 1 aliphatic rings. The fourth-order valence-corrected chi connectivity index (χ4v) is 4.28. The highest BCUT2D eigenvalue weighted by molar-refractivity contribution is 5.90. The van der Waals surface area contributed by atoms with Crippen molar-refractivity contribution in [2.75, 3.05) is 6.61 Å². The average Bonchev–Trinajstić information content (AvgIpc) is 3.16. The zero-order valence-corrected chi connectivity index (χ0v) is 21.0. The van der Waals surface area contributed by atoms with E-state index >= 15 is 0 Å². The molecule has 0 saturated carbocycles. The lowest BCUT2D eigenvalue weighted by Crippen LogP contribution is -2.23. The summed E-state index contributed by atoms with van der Waals surface area (Å²) in [6, 6.07) is 14.3. The monoisotopic (exact) mass is 476 g/mol. The summed E-state index contributed by atoms with van der Waals surface area (Å²) >= 11 is 0. The number of rotatable bonds is 6. The maximum atomic E-state index is 12.3. The number of fused-ring (bicyclic) bond motifs is 1. The van der Waals surface area contributed by atoms with Gasteiger partial charge in [-0.25, -0.2) is 14.3 Å². The molecule has 1 atom stereocenters. The molecule has 35 heavy (non-hydrogen) atoms. The maximum Gasteiger partial charge on any atom is 0.338 e. The molecule has 2 aromatic carbocycles. The third-order valence-corrected chi connectivity index (χ3v) is 5.79. The number of carbonyl (C=O) groups excluding carboxylic acids is 2. The van der Waals surface area contributed by atoms with E-state index < -0.39 is 5.60 Å². The molecule has 3 aromatic rings. The Kier molecular flexibility index (Phi) is 6.96. The van der Waals surface area contributed by atoms with Crippen LogP contribution in [-0.2, 0) is 15.9 Å². The topological polar surface area (TPSA) is 79.7 Å². The fraction of sp³-hybridized carbons (Fsp3) is 0.393. The van der Waals surface area contributed by atoms with Crippen LogP contribution in [0.2, 0.25) is 0 Å². The minimum Gasteiger partial charge on any atom is -0.484 e. The van der Waals surface area contributed by atoms with Crippen molar-refractivity contribution < 1.29 is 23.8 Å². The Balaban J connectivity index is 1.61. The Bertz CT molecular complexity index is 1220. The third-order valence-electron chi connectivity index (χ3n) is 5.79. The predicted octanol–water partition coefficient (Wildman–Crippen LogP) is 5.77. The van der Waals surface area contributed by atoms with Crippen LogP contribution in [0.25, 0.3) is 5.69 Å². The van der Waals surface area contributed by atoms with Gasteiger partial charge in [0, 0.05) is 5.56 Å². The van der Waals surface area contributed by atoms with Crippen LogP contribution in [0.5, 0.6) is 5.75 Å². The van der Waals surface area contributed by atoms with E-state index in [-0.39, 0.29) is 18.0 Å². The van der Waals surface area contributed by atoms with Gasteiger partial charge in [-0.3, -0.25) is 0 Å². The highest BCUT2D eigenvalue weighted by atomic mass is 16.6. The van der Waals surface area contributed by atoms with Crippen LogP contribution in [0.15, 0.2) is 48.5 Å². The van der Waals surface area contributed by atoms with Gasteiger partial charge in [-0.05, 0) is 96.3 Å². The number of ether oxygens (including phenoxy) is 3. The second kappa shape index (κ2) is 9.94. The number of benzene rings is 2. The van der Waals surface area contributed by atoms with Crippen molar-refractivity contribution in [2.45, 2.75) is 65.6 Å². The molecular weight excluding hydrogens is 444 g/mol. The summed E-state index contributed by atoms with van der Waals surface area (Å²) in [4.78, 5) is 24.6. The summed E-state index contributed by atoms with van der Waals surface area (Å²) in [5.74, 6) is -0.0509. The minimum atomic E-state index is -0.550. The molecule has 0 radical (unpaired) electrons. The lowest BCUT2D eigenvalue weighted by atomic mass is 9.93. The summed E-state index contributed by atoms with van der Waals surface area (Å²) < 4.78 is 18.9. The molecule has 4 rings (SSSR count). The second-order valence-corrected chi connectivity index (χ2v) is 9.66. The molecule has 0 aliphatic heterocycles. The summed E-state index contributed by atoms with van der Waals surface area (Å²) in [5, 5.41) is 4.80. The van der Waals surface area contributed by atoms with Crippen molar-refractivity contribution >= 4 is 11.9 Å². The summed E-state index contributed by atoms with van der Waals surface area (Å²) in [6.45, 7) is 9.64. The molecule has 0 N–H and O–H groups in total. The van der Waals surface area contributed by atoms with Crippen LogP contribution in [0.4, 0.5) is 0 Å². The highest BCUT2D eigenvalue weighted by Crippen LogP contribution is 2.37. The third kappa shape index (κ3) is 5.56. The van der Waals surface area contributed by atoms with Gasteiger partial charge >= 0.3 is 11.9 Å². The number of hydrogen-bond donors (Lipinski definition) is 0. The second-order valence-electron chi connectivity index (χ2n) is 9.66. The molecule has 0 spiro atoms. The van der Waals surface area contributed by atoms with E-state index in [4.69, 9.17) is 19.3 Å². The van der Waals surface area contributed by atoms with E-state index in [2.05, 4.69) is 0 Å². The van der Waals surface area contributed by atoms with Crippen molar-refractivity contribution in [3.05, 3.63) is 76.6 Å². The maximum absolute atomic E-state index is 12.3. The Morgan fingerprint density at radius 3 is 2.49 bits per heavy atom. The van der Waals surface area contributed by atoms with E-state index in [0.29, 0.717) is 23.5 Å². The summed E-state index contributed by atoms with van der Waals surface area (Å²) in [6.07, 6.45) is 2.54. The van der Waals surface area contributed by atoms with Crippen LogP contribution in [0.3, 0.4) is 0 Å². The summed E-state index contributed by atoms with van der Waals surface area (Å²) in [7, 11) is 0. The molecular formula is C28H32N2O5. The first-order valence-corrected chi connectivity index (χ1v) is 12.0. The largest absolute Gasteiger partial charge is 0.484 e. The van der Waals surface area contributed by atoms with Crippen molar-refractivity contribution in [1.82, 2.24) is 9.78 Å². The van der Waals surface area contributed by atoms with E-state index in [0.717, 1.165) is 36.3 Å². The van der Waals surface area contributed by atoms with E-state index in [1.807, 2.05) is 44.5 Å². The lowest BCUT2D eigenvalue weighted by Gasteiger charge is -2.26. The number of nitrogens with zero attached hydrogens (tertiary/aromatic N) is 2. The quantitative estimate of drug-likeness (QED) is 0.420. The molecule has 1 unspecified atom stereocenters. The molecule has 7 heteroatoms. The van der Waals surface area contributed by atoms with Crippen molar-refractivity contribution in [3.63, 3.8) is 0 Å². The first-order chi connectivity index (χ1) is 16.7. The van der Waals surface area contributed by atoms with Crippen LogP contribution >= 0.6 is 0 Å². The number of aryl methyl sites for hydroxylation is 1. The average molecular weight is 477 g/mol. The first-order valence-electron chi connectivity index (χ1n) is 12.0. The zero-order chi connectivity index (χ0) is 25.2. The molecule has 1 heterocycles. The number of hydrogen-bond acceptors (Lipinski definition) is 6. The van der Waals surface area contributed by atoms with Gasteiger partial charge in [-0.2, -0.15) is 5.10 Å². The van der Waals surface area contributed by atoms with Gasteiger partial charge in [0.25, 0.3) is 0 Å². The molecule has 1 aliphatic carbocycles. The van der Waals surface area contributed by atoms with Crippen LogP contribution < -0.4 is 4.74 Å². The van der Waals surface area contributed by atoms with Crippen molar-refractivity contribution in [2.24, 2.45) is 0 Å². The van der Waals surface area contributed by atoms with Gasteiger partial charge in [-0.1, -0.05) is 6.07 Å². The Labute approximate surface area is 206 Å². The van der Waals surface area contributed by atoms with E-state index in [1.165, 1.54) is 5.56 Å². The Hall–Kier alpha value is -3.61. The smallest absolute Gasteiger partial charge is 0.338 e. The molecule has 0 bridgehead atoms. The number of carbonyl (C=O) groups is 2. The molecule has 184 valence electrons. The molecule has 7 nitrogen and oxygen atoms in total. The van der Waals surface area contributed by atoms with Crippen molar-refractivity contribution in [3.8, 4) is 11.4 Å². The molecule has 0 amide bonds. The number of esters is 2. The van der Waals surface area contributed by atoms with Gasteiger partial charge < -0.3 is 14.2 Å². The summed E-state index contributed by atoms with van der Waals surface area (Å²) in [5.41, 5.74) is 4.32. The van der Waals surface area contributed by atoms with Crippen LogP contribution in [-0.4, -0.2) is 33.9 Å². The first kappa shape index (κ1) is 24.5. The number of aromatic nitrogens is 2. The standard InChI is InChI=1S/C28H32N2O5/c1-6-33-26(31)20-9-7-10-21(17-20)30-25-23(18(2)29-30)11-8-12-24(25)34-22-15-13-19(14-16-22)27(32)35-28(3,4)5/h7,9-10,13-17,24H,6,8,11-12H2,1-5H3. The van der Waals surface area contributed by atoms with Crippen molar-refractivity contribution in [1.29, 1.82) is 0 Å². The van der Waals surface area contributed by atoms with Gasteiger partial charge in [0.15, 0.2) is 0 Å². The SMILES string of the molecule is CCOC(=O)c1cccc(-n2nc(C)c3c2C(Oc2ccc(C(=O)OC(C)(C)C)cc2)CCC3)c1. The molecule has 0 saturated heterocycles. The molecule has 1 aromatic heterocycles. The van der Waals surface area contributed by atoms with Gasteiger partial charge in [0.1, 0.15) is 17.5 Å². The van der Waals surface area contributed by atoms with Crippen LogP contribution in [0.1, 0.15) is 84.3 Å². The Morgan fingerprint density at radius 2 is 1.80 bits per heavy atom. The minimum absolute atomic E-state index is 0.210. The van der Waals surface area contributed by atoms with E-state index in [1.54, 1.807) is 43.3 Å².